The van der Waals surface area contributed by atoms with Crippen molar-refractivity contribution in [3.8, 4) is 5.75 Å². The van der Waals surface area contributed by atoms with E-state index in [0.717, 1.165) is 0 Å². The average Bonchev–Trinajstić information content (AvgIpc) is 2.04. The standard InChI is InChI=1S/C9H9O3/c1-2-6-4-3-5-7(8(6)10)9(11)12/h4-5,10H,2H2,1H3,(H,11,12). The molecule has 0 atom stereocenters. The first-order chi connectivity index (χ1) is 5.66. The Bertz CT molecular complexity index is 305. The summed E-state index contributed by atoms with van der Waals surface area (Å²) in [6.45, 7) is 1.84. The van der Waals surface area contributed by atoms with E-state index in [4.69, 9.17) is 5.11 Å². The molecule has 3 heteroatoms. The molecule has 0 unspecified atom stereocenters. The number of aromatic carboxylic acids is 1. The van der Waals surface area contributed by atoms with Crippen LogP contribution >= 0.6 is 0 Å². The van der Waals surface area contributed by atoms with Gasteiger partial charge in [0.25, 0.3) is 0 Å². The molecule has 0 heterocycles. The van der Waals surface area contributed by atoms with Crippen LogP contribution in [-0.2, 0) is 6.42 Å². The summed E-state index contributed by atoms with van der Waals surface area (Å²) in [6.07, 6.45) is 0.601. The molecule has 1 aromatic rings. The molecule has 0 aliphatic heterocycles. The van der Waals surface area contributed by atoms with Gasteiger partial charge in [-0.25, -0.2) is 4.79 Å². The van der Waals surface area contributed by atoms with Gasteiger partial charge in [0.1, 0.15) is 11.3 Å². The van der Waals surface area contributed by atoms with Gasteiger partial charge in [-0.1, -0.05) is 6.92 Å². The van der Waals surface area contributed by atoms with Crippen LogP contribution in [0.5, 0.6) is 5.75 Å². The van der Waals surface area contributed by atoms with Crippen LogP contribution in [0.15, 0.2) is 12.1 Å². The molecule has 0 amide bonds. The summed E-state index contributed by atoms with van der Waals surface area (Å²) >= 11 is 0. The number of carboxylic acids is 1. The van der Waals surface area contributed by atoms with Gasteiger partial charge >= 0.3 is 5.97 Å². The molecule has 0 fully saturated rings. The van der Waals surface area contributed by atoms with E-state index in [1.807, 2.05) is 6.92 Å². The molecule has 1 aromatic carbocycles. The van der Waals surface area contributed by atoms with Gasteiger partial charge in [-0.2, -0.15) is 0 Å². The van der Waals surface area contributed by atoms with Crippen LogP contribution in [0.1, 0.15) is 22.8 Å². The lowest BCUT2D eigenvalue weighted by Crippen LogP contribution is -1.98. The highest BCUT2D eigenvalue weighted by Crippen LogP contribution is 2.22. The van der Waals surface area contributed by atoms with Gasteiger partial charge in [-0.05, 0) is 30.2 Å². The quantitative estimate of drug-likeness (QED) is 0.697. The van der Waals surface area contributed by atoms with Gasteiger partial charge in [0.2, 0.25) is 0 Å². The number of rotatable bonds is 2. The lowest BCUT2D eigenvalue weighted by atomic mass is 10.1. The minimum atomic E-state index is -1.13. The number of aryl methyl sites for hydroxylation is 1. The maximum absolute atomic E-state index is 10.5. The van der Waals surface area contributed by atoms with Crippen LogP contribution in [0.2, 0.25) is 0 Å². The summed E-state index contributed by atoms with van der Waals surface area (Å²) in [4.78, 5) is 10.5. The van der Waals surface area contributed by atoms with Crippen molar-refractivity contribution in [3.05, 3.63) is 29.3 Å². The second-order valence-corrected chi connectivity index (χ2v) is 2.40. The molecular weight excluding hydrogens is 156 g/mol. The van der Waals surface area contributed by atoms with Crippen molar-refractivity contribution < 1.29 is 15.0 Å². The zero-order valence-corrected chi connectivity index (χ0v) is 6.66. The third-order valence-corrected chi connectivity index (χ3v) is 1.66. The van der Waals surface area contributed by atoms with Crippen LogP contribution in [-0.4, -0.2) is 16.2 Å². The average molecular weight is 165 g/mol. The number of hydrogen-bond acceptors (Lipinski definition) is 2. The highest BCUT2D eigenvalue weighted by molar-refractivity contribution is 5.91. The molecule has 0 bridgehead atoms. The summed E-state index contributed by atoms with van der Waals surface area (Å²) in [5, 5.41) is 18.0. The van der Waals surface area contributed by atoms with E-state index < -0.39 is 5.97 Å². The molecular formula is C9H9O3. The number of carboxylic acid groups (broad SMARTS) is 1. The van der Waals surface area contributed by atoms with Crippen LogP contribution in [0.25, 0.3) is 0 Å². The zero-order chi connectivity index (χ0) is 9.14. The molecule has 0 aromatic heterocycles. The summed E-state index contributed by atoms with van der Waals surface area (Å²) in [5.74, 6) is -1.28. The zero-order valence-electron chi connectivity index (χ0n) is 6.66. The van der Waals surface area contributed by atoms with Crippen LogP contribution < -0.4 is 0 Å². The smallest absolute Gasteiger partial charge is 0.339 e. The lowest BCUT2D eigenvalue weighted by molar-refractivity contribution is 0.0693. The van der Waals surface area contributed by atoms with Crippen LogP contribution in [0, 0.1) is 6.07 Å². The Kier molecular flexibility index (Phi) is 2.33. The monoisotopic (exact) mass is 165 g/mol. The molecule has 0 aliphatic rings. The number of phenols is 1. The highest BCUT2D eigenvalue weighted by atomic mass is 16.4. The topological polar surface area (TPSA) is 57.5 Å². The first kappa shape index (κ1) is 8.59. The van der Waals surface area contributed by atoms with Crippen molar-refractivity contribution in [3.63, 3.8) is 0 Å². The normalized spacial score (nSPS) is 9.75. The summed E-state index contributed by atoms with van der Waals surface area (Å²) < 4.78 is 0. The molecule has 0 saturated carbocycles. The molecule has 1 radical (unpaired) electrons. The highest BCUT2D eigenvalue weighted by Gasteiger charge is 2.11. The van der Waals surface area contributed by atoms with E-state index >= 15 is 0 Å². The summed E-state index contributed by atoms with van der Waals surface area (Å²) in [5.41, 5.74) is 0.518. The van der Waals surface area contributed by atoms with Gasteiger partial charge in [0.05, 0.1) is 0 Å². The predicted molar refractivity (Wildman–Crippen MR) is 43.3 cm³/mol. The molecule has 63 valence electrons. The fourth-order valence-electron chi connectivity index (χ4n) is 0.968. The van der Waals surface area contributed by atoms with Crippen molar-refractivity contribution in [1.29, 1.82) is 0 Å². The third kappa shape index (κ3) is 1.39. The number of aromatic hydroxyl groups is 1. The minimum Gasteiger partial charge on any atom is -0.507 e. The maximum atomic E-state index is 10.5. The molecule has 2 N–H and O–H groups in total. The molecule has 0 aliphatic carbocycles. The fourth-order valence-corrected chi connectivity index (χ4v) is 0.968. The Morgan fingerprint density at radius 1 is 1.58 bits per heavy atom. The first-order valence-corrected chi connectivity index (χ1v) is 3.62. The Labute approximate surface area is 70.3 Å². The Hall–Kier alpha value is -1.51. The van der Waals surface area contributed by atoms with Gasteiger partial charge < -0.3 is 10.2 Å². The van der Waals surface area contributed by atoms with Crippen molar-refractivity contribution in [1.82, 2.24) is 0 Å². The number of hydrogen-bond donors (Lipinski definition) is 2. The molecule has 12 heavy (non-hydrogen) atoms. The predicted octanol–water partition coefficient (Wildman–Crippen LogP) is 1.45. The SMILES string of the molecule is CCc1c[c]cc(C(=O)O)c1O. The summed E-state index contributed by atoms with van der Waals surface area (Å²) in [6, 6.07) is 5.51. The van der Waals surface area contributed by atoms with E-state index in [9.17, 15) is 9.90 Å². The van der Waals surface area contributed by atoms with Gasteiger partial charge in [-0.3, -0.25) is 0 Å². The van der Waals surface area contributed by atoms with Gasteiger partial charge in [0.15, 0.2) is 0 Å². The largest absolute Gasteiger partial charge is 0.507 e. The molecule has 3 nitrogen and oxygen atoms in total. The Balaban J connectivity index is 3.23. The van der Waals surface area contributed by atoms with Gasteiger partial charge in [0, 0.05) is 0 Å². The van der Waals surface area contributed by atoms with Crippen molar-refractivity contribution >= 4 is 5.97 Å². The van der Waals surface area contributed by atoms with Crippen LogP contribution in [0.3, 0.4) is 0 Å². The Morgan fingerprint density at radius 2 is 2.25 bits per heavy atom. The maximum Gasteiger partial charge on any atom is 0.339 e. The van der Waals surface area contributed by atoms with E-state index in [1.54, 1.807) is 6.07 Å². The number of carbonyl (C=O) groups is 1. The van der Waals surface area contributed by atoms with Crippen molar-refractivity contribution in [2.75, 3.05) is 0 Å². The molecule has 0 saturated heterocycles. The van der Waals surface area contributed by atoms with Crippen LogP contribution in [0.4, 0.5) is 0 Å². The molecule has 1 rings (SSSR count). The first-order valence-electron chi connectivity index (χ1n) is 3.62. The van der Waals surface area contributed by atoms with E-state index in [0.29, 0.717) is 12.0 Å². The summed E-state index contributed by atoms with van der Waals surface area (Å²) in [7, 11) is 0. The lowest BCUT2D eigenvalue weighted by Gasteiger charge is -2.03. The second kappa shape index (κ2) is 3.26. The Morgan fingerprint density at radius 3 is 2.75 bits per heavy atom. The molecule has 0 spiro atoms. The fraction of sp³-hybridized carbons (Fsp3) is 0.222. The minimum absolute atomic E-state index is 0.0886. The van der Waals surface area contributed by atoms with E-state index in [-0.39, 0.29) is 11.3 Å². The van der Waals surface area contributed by atoms with E-state index in [2.05, 4.69) is 6.07 Å². The van der Waals surface area contributed by atoms with E-state index in [1.165, 1.54) is 6.07 Å². The second-order valence-electron chi connectivity index (χ2n) is 2.40. The van der Waals surface area contributed by atoms with Crippen molar-refractivity contribution in [2.45, 2.75) is 13.3 Å². The van der Waals surface area contributed by atoms with Crippen molar-refractivity contribution in [2.24, 2.45) is 0 Å². The number of benzene rings is 1. The van der Waals surface area contributed by atoms with Gasteiger partial charge in [-0.15, -0.1) is 0 Å². The third-order valence-electron chi connectivity index (χ3n) is 1.66.